The van der Waals surface area contributed by atoms with Gasteiger partial charge in [-0.05, 0) is 48.5 Å². The molecule has 1 atom stereocenters. The van der Waals surface area contributed by atoms with Gasteiger partial charge in [-0.2, -0.15) is 0 Å². The van der Waals surface area contributed by atoms with Gasteiger partial charge < -0.3 is 20.5 Å². The van der Waals surface area contributed by atoms with E-state index in [1.165, 1.54) is 12.1 Å². The van der Waals surface area contributed by atoms with Crippen molar-refractivity contribution in [3.8, 4) is 5.75 Å². The largest absolute Gasteiger partial charge is 0.478 e. The van der Waals surface area contributed by atoms with Crippen molar-refractivity contribution in [2.45, 2.75) is 13.0 Å². The van der Waals surface area contributed by atoms with E-state index in [1.807, 2.05) is 30.3 Å². The number of halogens is 1. The molecule has 0 spiro atoms. The molecule has 0 aliphatic carbocycles. The summed E-state index contributed by atoms with van der Waals surface area (Å²) in [4.78, 5) is 23.7. The van der Waals surface area contributed by atoms with E-state index < -0.39 is 18.0 Å². The number of aliphatic carboxylic acids is 1. The molecule has 0 fully saturated rings. The van der Waals surface area contributed by atoms with Crippen molar-refractivity contribution in [1.29, 1.82) is 0 Å². The van der Waals surface area contributed by atoms with Gasteiger partial charge >= 0.3 is 11.9 Å². The smallest absolute Gasteiger partial charge is 0.336 e. The zero-order valence-corrected chi connectivity index (χ0v) is 16.9. The number of thiocarbonyl (C=S) groups is 1. The number of carboxylic acids is 1. The number of hydrogen-bond donors (Lipinski definition) is 3. The minimum absolute atomic E-state index is 0.130. The first-order valence-electron chi connectivity index (χ1n) is 8.61. The molecule has 0 saturated heterocycles. The van der Waals surface area contributed by atoms with Crippen LogP contribution in [0, 0.1) is 0 Å². The van der Waals surface area contributed by atoms with Crippen LogP contribution in [0.5, 0.6) is 5.75 Å². The Kier molecular flexibility index (Phi) is 6.31. The number of carboxylic acid groups (broad SMARTS) is 1. The fourth-order valence-corrected chi connectivity index (χ4v) is 3.38. The predicted molar refractivity (Wildman–Crippen MR) is 115 cm³/mol. The second-order valence-corrected chi connectivity index (χ2v) is 7.05. The number of carbonyl (C=O) groups is 2. The van der Waals surface area contributed by atoms with Crippen molar-refractivity contribution in [2.24, 2.45) is 0 Å². The predicted octanol–water partition coefficient (Wildman–Crippen LogP) is 3.84. The van der Waals surface area contributed by atoms with E-state index in [1.54, 1.807) is 25.1 Å². The Labute approximate surface area is 177 Å². The number of rotatable bonds is 5. The Morgan fingerprint density at radius 3 is 2.59 bits per heavy atom. The van der Waals surface area contributed by atoms with E-state index in [4.69, 9.17) is 28.6 Å². The third kappa shape index (κ3) is 5.01. The van der Waals surface area contributed by atoms with Gasteiger partial charge in [0.25, 0.3) is 0 Å². The van der Waals surface area contributed by atoms with Gasteiger partial charge in [0, 0.05) is 11.8 Å². The Morgan fingerprint density at radius 1 is 1.21 bits per heavy atom. The van der Waals surface area contributed by atoms with Crippen LogP contribution in [0.15, 0.2) is 65.9 Å². The topological polar surface area (TPSA) is 87.7 Å². The fraction of sp³-hybridized carbons (Fsp3) is 0.0952. The van der Waals surface area contributed by atoms with E-state index >= 15 is 0 Å². The van der Waals surface area contributed by atoms with E-state index in [-0.39, 0.29) is 16.3 Å². The van der Waals surface area contributed by atoms with Gasteiger partial charge in [0.1, 0.15) is 5.75 Å². The Balaban J connectivity index is 1.79. The number of hydrogen-bond acceptors (Lipinski definition) is 4. The molecule has 0 amide bonds. The van der Waals surface area contributed by atoms with E-state index in [2.05, 4.69) is 10.6 Å². The third-order valence-corrected chi connectivity index (χ3v) is 4.73. The second-order valence-electron chi connectivity index (χ2n) is 6.23. The van der Waals surface area contributed by atoms with Crippen molar-refractivity contribution in [3.63, 3.8) is 0 Å². The standard InChI is InChI=1S/C21H17ClN2O4S/c1-12-18(20(26)27)19(24-21(29)23-12)14-8-9-16(15(22)11-14)28-17(25)10-7-13-5-3-2-4-6-13/h2-11,19H,1H3,(H,26,27)(H2,23,24,29)/b10-7+. The van der Waals surface area contributed by atoms with E-state index in [9.17, 15) is 14.7 Å². The molecule has 0 saturated carbocycles. The SMILES string of the molecule is CC1=C(C(=O)O)C(c2ccc(OC(=O)/C=C/c3ccccc3)c(Cl)c2)NC(=S)N1. The molecule has 148 valence electrons. The van der Waals surface area contributed by atoms with Gasteiger partial charge in [0.15, 0.2) is 5.11 Å². The molecule has 0 radical (unpaired) electrons. The minimum Gasteiger partial charge on any atom is -0.478 e. The molecule has 1 aliphatic rings. The number of carbonyl (C=O) groups excluding carboxylic acids is 1. The van der Waals surface area contributed by atoms with Crippen LogP contribution in [-0.2, 0) is 9.59 Å². The highest BCUT2D eigenvalue weighted by molar-refractivity contribution is 7.80. The summed E-state index contributed by atoms with van der Waals surface area (Å²) in [5.74, 6) is -1.48. The maximum Gasteiger partial charge on any atom is 0.336 e. The molecule has 8 heteroatoms. The highest BCUT2D eigenvalue weighted by atomic mass is 35.5. The monoisotopic (exact) mass is 428 g/mol. The van der Waals surface area contributed by atoms with Crippen LogP contribution in [0.1, 0.15) is 24.1 Å². The quantitative estimate of drug-likeness (QED) is 0.288. The summed E-state index contributed by atoms with van der Waals surface area (Å²) in [5, 5.41) is 15.7. The normalized spacial score (nSPS) is 16.3. The minimum atomic E-state index is -1.08. The van der Waals surface area contributed by atoms with Crippen molar-refractivity contribution >= 4 is 46.9 Å². The van der Waals surface area contributed by atoms with Gasteiger partial charge in [-0.3, -0.25) is 0 Å². The van der Waals surface area contributed by atoms with Crippen molar-refractivity contribution < 1.29 is 19.4 Å². The molecular weight excluding hydrogens is 412 g/mol. The van der Waals surface area contributed by atoms with Gasteiger partial charge in [-0.25, -0.2) is 9.59 Å². The van der Waals surface area contributed by atoms with Crippen LogP contribution in [0.25, 0.3) is 6.08 Å². The first-order valence-corrected chi connectivity index (χ1v) is 9.39. The number of ether oxygens (including phenoxy) is 1. The van der Waals surface area contributed by atoms with E-state index in [0.717, 1.165) is 5.56 Å². The van der Waals surface area contributed by atoms with E-state index in [0.29, 0.717) is 16.4 Å². The van der Waals surface area contributed by atoms with Crippen molar-refractivity contribution in [2.75, 3.05) is 0 Å². The van der Waals surface area contributed by atoms with Crippen LogP contribution < -0.4 is 15.4 Å². The summed E-state index contributed by atoms with van der Waals surface area (Å²) in [5.41, 5.74) is 2.02. The summed E-state index contributed by atoms with van der Waals surface area (Å²) in [6.45, 7) is 1.64. The Bertz CT molecular complexity index is 1030. The Hall–Kier alpha value is -3.16. The van der Waals surface area contributed by atoms with Gasteiger partial charge in [0.05, 0.1) is 16.6 Å². The highest BCUT2D eigenvalue weighted by Crippen LogP contribution is 2.32. The third-order valence-electron chi connectivity index (χ3n) is 4.21. The van der Waals surface area contributed by atoms with Gasteiger partial charge in [0.2, 0.25) is 0 Å². The number of nitrogens with one attached hydrogen (secondary N) is 2. The molecule has 1 unspecified atom stereocenters. The van der Waals surface area contributed by atoms with Gasteiger partial charge in [-0.15, -0.1) is 0 Å². The Morgan fingerprint density at radius 2 is 1.93 bits per heavy atom. The fourth-order valence-electron chi connectivity index (χ4n) is 2.88. The lowest BCUT2D eigenvalue weighted by molar-refractivity contribution is -0.133. The van der Waals surface area contributed by atoms with Crippen LogP contribution in [-0.4, -0.2) is 22.2 Å². The van der Waals surface area contributed by atoms with Crippen LogP contribution in [0.4, 0.5) is 0 Å². The molecule has 0 aromatic heterocycles. The molecule has 3 N–H and O–H groups in total. The summed E-state index contributed by atoms with van der Waals surface area (Å²) < 4.78 is 5.28. The molecule has 1 aliphatic heterocycles. The maximum absolute atomic E-state index is 12.1. The molecule has 6 nitrogen and oxygen atoms in total. The maximum atomic E-state index is 12.1. The first-order chi connectivity index (χ1) is 13.8. The summed E-state index contributed by atoms with van der Waals surface area (Å²) >= 11 is 11.4. The lowest BCUT2D eigenvalue weighted by Crippen LogP contribution is -2.44. The summed E-state index contributed by atoms with van der Waals surface area (Å²) in [7, 11) is 0. The summed E-state index contributed by atoms with van der Waals surface area (Å²) in [6.07, 6.45) is 2.94. The zero-order chi connectivity index (χ0) is 21.0. The van der Waals surface area contributed by atoms with Crippen LogP contribution in [0.3, 0.4) is 0 Å². The molecule has 2 aromatic rings. The van der Waals surface area contributed by atoms with Crippen LogP contribution >= 0.6 is 23.8 Å². The molecule has 1 heterocycles. The number of benzene rings is 2. The average Bonchev–Trinajstić information content (AvgIpc) is 2.67. The van der Waals surface area contributed by atoms with Crippen LogP contribution in [0.2, 0.25) is 5.02 Å². The zero-order valence-electron chi connectivity index (χ0n) is 15.3. The van der Waals surface area contributed by atoms with Gasteiger partial charge in [-0.1, -0.05) is 48.0 Å². The number of esters is 1. The van der Waals surface area contributed by atoms with Crippen molar-refractivity contribution in [1.82, 2.24) is 10.6 Å². The lowest BCUT2D eigenvalue weighted by Gasteiger charge is -2.29. The first kappa shape index (κ1) is 20.6. The van der Waals surface area contributed by atoms with Crippen molar-refractivity contribution in [3.05, 3.63) is 82.0 Å². The highest BCUT2D eigenvalue weighted by Gasteiger charge is 2.30. The molecule has 29 heavy (non-hydrogen) atoms. The second kappa shape index (κ2) is 8.89. The molecule has 0 bridgehead atoms. The number of allylic oxidation sites excluding steroid dienone is 1. The molecular formula is C21H17ClN2O4S. The average molecular weight is 429 g/mol. The lowest BCUT2D eigenvalue weighted by atomic mass is 9.96. The molecule has 2 aromatic carbocycles. The molecule has 3 rings (SSSR count). The summed E-state index contributed by atoms with van der Waals surface area (Å²) in [6, 6.07) is 13.4.